The van der Waals surface area contributed by atoms with Gasteiger partial charge in [0.05, 0.1) is 17.9 Å². The standard InChI is InChI=1S/C6H9N3/c7-5-3-8-9(4-5)6-1-2-6/h3-4,6H,1-2,7H2. The smallest absolute Gasteiger partial charge is 0.0719 e. The van der Waals surface area contributed by atoms with Crippen molar-refractivity contribution in [2.75, 3.05) is 5.73 Å². The number of anilines is 1. The van der Waals surface area contributed by atoms with Crippen LogP contribution in [0, 0.1) is 0 Å². The van der Waals surface area contributed by atoms with Crippen molar-refractivity contribution in [1.29, 1.82) is 0 Å². The largest absolute Gasteiger partial charge is 0.396 e. The van der Waals surface area contributed by atoms with E-state index in [1.54, 1.807) is 6.20 Å². The van der Waals surface area contributed by atoms with Gasteiger partial charge in [0.25, 0.3) is 0 Å². The predicted molar refractivity (Wildman–Crippen MR) is 34.9 cm³/mol. The van der Waals surface area contributed by atoms with Gasteiger partial charge in [-0.3, -0.25) is 4.68 Å². The molecule has 2 rings (SSSR count). The molecule has 1 aliphatic rings. The Morgan fingerprint density at radius 3 is 2.89 bits per heavy atom. The first-order valence-corrected chi connectivity index (χ1v) is 3.16. The van der Waals surface area contributed by atoms with Crippen molar-refractivity contribution >= 4 is 5.69 Å². The van der Waals surface area contributed by atoms with E-state index in [0.717, 1.165) is 5.69 Å². The van der Waals surface area contributed by atoms with E-state index in [1.165, 1.54) is 12.8 Å². The molecule has 0 unspecified atom stereocenters. The maximum atomic E-state index is 5.46. The summed E-state index contributed by atoms with van der Waals surface area (Å²) < 4.78 is 1.94. The first-order valence-electron chi connectivity index (χ1n) is 3.16. The first-order chi connectivity index (χ1) is 4.36. The molecule has 1 aromatic heterocycles. The Kier molecular flexibility index (Phi) is 0.806. The quantitative estimate of drug-likeness (QED) is 0.600. The molecule has 1 heterocycles. The molecule has 1 aromatic rings. The van der Waals surface area contributed by atoms with Crippen molar-refractivity contribution in [3.8, 4) is 0 Å². The Labute approximate surface area is 53.5 Å². The van der Waals surface area contributed by atoms with E-state index in [9.17, 15) is 0 Å². The lowest BCUT2D eigenvalue weighted by molar-refractivity contribution is 0.642. The molecule has 48 valence electrons. The zero-order valence-electron chi connectivity index (χ0n) is 5.12. The Balaban J connectivity index is 2.28. The summed E-state index contributed by atoms with van der Waals surface area (Å²) in [6, 6.07) is 0.655. The first kappa shape index (κ1) is 4.85. The number of aromatic nitrogens is 2. The van der Waals surface area contributed by atoms with Crippen molar-refractivity contribution in [2.24, 2.45) is 0 Å². The highest BCUT2D eigenvalue weighted by molar-refractivity contribution is 5.30. The molecule has 2 N–H and O–H groups in total. The van der Waals surface area contributed by atoms with Crippen LogP contribution in [0.5, 0.6) is 0 Å². The molecule has 1 saturated carbocycles. The van der Waals surface area contributed by atoms with Crippen molar-refractivity contribution < 1.29 is 0 Å². The van der Waals surface area contributed by atoms with Crippen LogP contribution >= 0.6 is 0 Å². The second-order valence-corrected chi connectivity index (χ2v) is 2.48. The lowest BCUT2D eigenvalue weighted by Crippen LogP contribution is -1.92. The highest BCUT2D eigenvalue weighted by Crippen LogP contribution is 2.34. The summed E-state index contributed by atoms with van der Waals surface area (Å²) >= 11 is 0. The maximum absolute atomic E-state index is 5.46. The third kappa shape index (κ3) is 0.781. The van der Waals surface area contributed by atoms with Gasteiger partial charge in [-0.05, 0) is 12.8 Å². The van der Waals surface area contributed by atoms with Gasteiger partial charge < -0.3 is 5.73 Å². The van der Waals surface area contributed by atoms with Gasteiger partial charge in [0.15, 0.2) is 0 Å². The molecule has 3 nitrogen and oxygen atoms in total. The highest BCUT2D eigenvalue weighted by Gasteiger charge is 2.23. The summed E-state index contributed by atoms with van der Waals surface area (Å²) in [6.45, 7) is 0. The summed E-state index contributed by atoms with van der Waals surface area (Å²) in [5.41, 5.74) is 6.23. The summed E-state index contributed by atoms with van der Waals surface area (Å²) in [5, 5.41) is 4.07. The van der Waals surface area contributed by atoms with Crippen LogP contribution in [0.15, 0.2) is 12.4 Å². The second kappa shape index (κ2) is 1.50. The Morgan fingerprint density at radius 1 is 1.67 bits per heavy atom. The molecule has 1 fully saturated rings. The number of rotatable bonds is 1. The molecule has 1 aliphatic carbocycles. The molecule has 0 aromatic carbocycles. The van der Waals surface area contributed by atoms with Gasteiger partial charge in [0.2, 0.25) is 0 Å². The summed E-state index contributed by atoms with van der Waals surface area (Å²) in [7, 11) is 0. The van der Waals surface area contributed by atoms with Gasteiger partial charge in [-0.15, -0.1) is 0 Å². The normalized spacial score (nSPS) is 18.2. The van der Waals surface area contributed by atoms with Crippen molar-refractivity contribution in [3.05, 3.63) is 12.4 Å². The van der Waals surface area contributed by atoms with E-state index in [1.807, 2.05) is 10.9 Å². The Bertz CT molecular complexity index is 212. The lowest BCUT2D eigenvalue weighted by Gasteiger charge is -1.91. The Morgan fingerprint density at radius 2 is 2.44 bits per heavy atom. The van der Waals surface area contributed by atoms with Gasteiger partial charge in [-0.2, -0.15) is 5.10 Å². The van der Waals surface area contributed by atoms with Crippen LogP contribution < -0.4 is 5.73 Å². The third-order valence-electron chi connectivity index (χ3n) is 1.54. The lowest BCUT2D eigenvalue weighted by atomic mass is 10.6. The van der Waals surface area contributed by atoms with Crippen LogP contribution in [0.4, 0.5) is 5.69 Å². The number of nitrogens with two attached hydrogens (primary N) is 1. The fourth-order valence-corrected chi connectivity index (χ4v) is 0.891. The highest BCUT2D eigenvalue weighted by atomic mass is 15.3. The monoisotopic (exact) mass is 123 g/mol. The molecule has 0 atom stereocenters. The summed E-state index contributed by atoms with van der Waals surface area (Å²) in [6.07, 6.45) is 6.11. The van der Waals surface area contributed by atoms with Gasteiger partial charge >= 0.3 is 0 Å². The van der Waals surface area contributed by atoms with E-state index in [2.05, 4.69) is 5.10 Å². The SMILES string of the molecule is Nc1cnn(C2CC2)c1. The summed E-state index contributed by atoms with van der Waals surface area (Å²) in [4.78, 5) is 0. The zero-order chi connectivity index (χ0) is 6.27. The van der Waals surface area contributed by atoms with Gasteiger partial charge in [0.1, 0.15) is 0 Å². The van der Waals surface area contributed by atoms with Crippen molar-refractivity contribution in [2.45, 2.75) is 18.9 Å². The van der Waals surface area contributed by atoms with E-state index in [0.29, 0.717) is 6.04 Å². The molecule has 0 saturated heterocycles. The van der Waals surface area contributed by atoms with Gasteiger partial charge in [0, 0.05) is 6.20 Å². The molecular weight excluding hydrogens is 114 g/mol. The van der Waals surface area contributed by atoms with Crippen LogP contribution in [0.25, 0.3) is 0 Å². The second-order valence-electron chi connectivity index (χ2n) is 2.48. The fraction of sp³-hybridized carbons (Fsp3) is 0.500. The minimum Gasteiger partial charge on any atom is -0.396 e. The van der Waals surface area contributed by atoms with E-state index in [-0.39, 0.29) is 0 Å². The molecule has 9 heavy (non-hydrogen) atoms. The topological polar surface area (TPSA) is 43.8 Å². The number of hydrogen-bond donors (Lipinski definition) is 1. The molecule has 3 heteroatoms. The van der Waals surface area contributed by atoms with E-state index < -0.39 is 0 Å². The van der Waals surface area contributed by atoms with Crippen molar-refractivity contribution in [1.82, 2.24) is 9.78 Å². The average Bonchev–Trinajstić information content (AvgIpc) is 2.58. The molecule has 0 aliphatic heterocycles. The van der Waals surface area contributed by atoms with E-state index in [4.69, 9.17) is 5.73 Å². The van der Waals surface area contributed by atoms with Crippen LogP contribution in [0.3, 0.4) is 0 Å². The molecule has 0 amide bonds. The molecule has 0 radical (unpaired) electrons. The number of nitrogens with zero attached hydrogens (tertiary/aromatic N) is 2. The molecule has 0 bridgehead atoms. The summed E-state index contributed by atoms with van der Waals surface area (Å²) in [5.74, 6) is 0. The maximum Gasteiger partial charge on any atom is 0.0719 e. The van der Waals surface area contributed by atoms with Crippen molar-refractivity contribution in [3.63, 3.8) is 0 Å². The predicted octanol–water partition coefficient (Wildman–Crippen LogP) is 0.800. The number of nitrogen functional groups attached to an aromatic ring is 1. The van der Waals surface area contributed by atoms with Crippen LogP contribution in [0.2, 0.25) is 0 Å². The minimum absolute atomic E-state index is 0.655. The van der Waals surface area contributed by atoms with Crippen LogP contribution in [-0.4, -0.2) is 9.78 Å². The Hall–Kier alpha value is -0.990. The van der Waals surface area contributed by atoms with E-state index >= 15 is 0 Å². The van der Waals surface area contributed by atoms with Crippen LogP contribution in [-0.2, 0) is 0 Å². The van der Waals surface area contributed by atoms with Gasteiger partial charge in [-0.1, -0.05) is 0 Å². The number of hydrogen-bond acceptors (Lipinski definition) is 2. The van der Waals surface area contributed by atoms with Crippen LogP contribution in [0.1, 0.15) is 18.9 Å². The van der Waals surface area contributed by atoms with Gasteiger partial charge in [-0.25, -0.2) is 0 Å². The average molecular weight is 123 g/mol. The molecular formula is C6H9N3. The minimum atomic E-state index is 0.655. The fourth-order valence-electron chi connectivity index (χ4n) is 0.891. The zero-order valence-corrected chi connectivity index (χ0v) is 5.12. The third-order valence-corrected chi connectivity index (χ3v) is 1.54. The molecule has 0 spiro atoms.